The first-order valence-corrected chi connectivity index (χ1v) is 18.1. The van der Waals surface area contributed by atoms with Gasteiger partial charge in [-0.15, -0.1) is 0 Å². The van der Waals surface area contributed by atoms with Gasteiger partial charge in [-0.1, -0.05) is 26.0 Å². The molecule has 6 rings (SSSR count). The number of hydrogen-bond donors (Lipinski definition) is 0. The second-order valence-corrected chi connectivity index (χ2v) is 13.4. The average molecular weight is 795 g/mol. The van der Waals surface area contributed by atoms with E-state index in [1.165, 1.54) is 72.8 Å². The van der Waals surface area contributed by atoms with Crippen molar-refractivity contribution in [3.63, 3.8) is 0 Å². The van der Waals surface area contributed by atoms with E-state index in [0.29, 0.717) is 12.8 Å². The van der Waals surface area contributed by atoms with E-state index in [0.717, 1.165) is 11.1 Å². The summed E-state index contributed by atoms with van der Waals surface area (Å²) in [6.45, 7) is 4.15. The molecule has 0 unspecified atom stereocenters. The zero-order valence-corrected chi connectivity index (χ0v) is 32.6. The highest BCUT2D eigenvalue weighted by atomic mass is 16.6. The van der Waals surface area contributed by atoms with Crippen molar-refractivity contribution in [1.29, 1.82) is 0 Å². The Balaban J connectivity index is 1.18. The van der Waals surface area contributed by atoms with Crippen molar-refractivity contribution < 1.29 is 55.8 Å². The van der Waals surface area contributed by atoms with Gasteiger partial charge in [0, 0.05) is 52.5 Å². The summed E-state index contributed by atoms with van der Waals surface area (Å²) < 4.78 is 44.1. The maximum absolute atomic E-state index is 13.2. The highest BCUT2D eigenvalue weighted by Crippen LogP contribution is 2.35. The summed E-state index contributed by atoms with van der Waals surface area (Å²) >= 11 is 0. The van der Waals surface area contributed by atoms with E-state index in [4.69, 9.17) is 36.6 Å². The zero-order valence-electron chi connectivity index (χ0n) is 32.6. The third kappa shape index (κ3) is 9.71. The number of hydrogen-bond acceptors (Lipinski definition) is 12. The number of rotatable bonds is 13. The molecule has 4 aromatic heterocycles. The van der Waals surface area contributed by atoms with Gasteiger partial charge in [0.25, 0.3) is 0 Å². The monoisotopic (exact) mass is 794 g/mol. The van der Waals surface area contributed by atoms with Gasteiger partial charge in [-0.2, -0.15) is 0 Å². The molecular weight excluding hydrogens is 752 g/mol. The Morgan fingerprint density at radius 2 is 0.724 bits per heavy atom. The SMILES string of the molecule is C[C@H](Cc1ccc(OC(=O)N(C)c2ccco2)c(OC(=O)N(C)c2ccco2)c1)[C@@H](C)Cc1ccc(OC(=O)N(C)c2ccco2)c(OC(=O)N(C)c2ccco2)c1. The lowest BCUT2D eigenvalue weighted by atomic mass is 9.85. The zero-order chi connectivity index (χ0) is 41.3. The maximum Gasteiger partial charge on any atom is 0.421 e. The third-order valence-electron chi connectivity index (χ3n) is 9.33. The van der Waals surface area contributed by atoms with E-state index in [1.807, 2.05) is 0 Å². The van der Waals surface area contributed by atoms with Gasteiger partial charge >= 0.3 is 24.4 Å². The molecule has 2 atom stereocenters. The largest absolute Gasteiger partial charge is 0.448 e. The number of carbonyl (C=O) groups excluding carboxylic acids is 4. The predicted octanol–water partition coefficient (Wildman–Crippen LogP) is 9.66. The highest BCUT2D eigenvalue weighted by Gasteiger charge is 2.25. The molecule has 0 aliphatic heterocycles. The minimum atomic E-state index is -0.765. The first-order valence-electron chi connectivity index (χ1n) is 18.1. The van der Waals surface area contributed by atoms with Crippen molar-refractivity contribution in [1.82, 2.24) is 0 Å². The fraction of sp³-hybridized carbons (Fsp3) is 0.238. The van der Waals surface area contributed by atoms with Crippen LogP contribution in [0.15, 0.2) is 128 Å². The quantitative estimate of drug-likeness (QED) is 0.109. The van der Waals surface area contributed by atoms with Gasteiger partial charge < -0.3 is 36.6 Å². The summed E-state index contributed by atoms with van der Waals surface area (Å²) in [5.41, 5.74) is 1.61. The molecule has 0 aliphatic rings. The van der Waals surface area contributed by atoms with Crippen LogP contribution in [0.5, 0.6) is 23.0 Å². The molecule has 302 valence electrons. The Kier molecular flexibility index (Phi) is 12.6. The van der Waals surface area contributed by atoms with Crippen LogP contribution in [0.2, 0.25) is 0 Å². The molecule has 0 saturated carbocycles. The van der Waals surface area contributed by atoms with E-state index in [1.54, 1.807) is 84.9 Å². The molecule has 0 aliphatic carbocycles. The molecule has 58 heavy (non-hydrogen) atoms. The molecule has 2 aromatic carbocycles. The van der Waals surface area contributed by atoms with Crippen LogP contribution in [0.25, 0.3) is 0 Å². The summed E-state index contributed by atoms with van der Waals surface area (Å²) in [6, 6.07) is 23.0. The molecule has 0 spiro atoms. The summed E-state index contributed by atoms with van der Waals surface area (Å²) in [7, 11) is 5.96. The lowest BCUT2D eigenvalue weighted by Gasteiger charge is -2.22. The molecule has 6 aromatic rings. The van der Waals surface area contributed by atoms with Crippen molar-refractivity contribution in [2.24, 2.45) is 11.8 Å². The molecular formula is C42H42N4O12. The molecule has 4 heterocycles. The minimum absolute atomic E-state index is 0.0185. The van der Waals surface area contributed by atoms with Gasteiger partial charge in [-0.25, -0.2) is 19.2 Å². The molecule has 0 radical (unpaired) electrons. The van der Waals surface area contributed by atoms with Crippen molar-refractivity contribution in [3.8, 4) is 23.0 Å². The Bertz CT molecular complexity index is 2120. The molecule has 0 fully saturated rings. The molecule has 0 bridgehead atoms. The number of amides is 4. The van der Waals surface area contributed by atoms with E-state index in [-0.39, 0.29) is 58.4 Å². The van der Waals surface area contributed by atoms with Crippen LogP contribution in [0.1, 0.15) is 25.0 Å². The lowest BCUT2D eigenvalue weighted by Crippen LogP contribution is -2.31. The maximum atomic E-state index is 13.2. The van der Waals surface area contributed by atoms with E-state index < -0.39 is 24.4 Å². The van der Waals surface area contributed by atoms with Gasteiger partial charge in [0.1, 0.15) is 0 Å². The number of nitrogens with zero attached hydrogens (tertiary/aromatic N) is 4. The minimum Gasteiger partial charge on any atom is -0.448 e. The Labute approximate surface area is 333 Å². The Hall–Kier alpha value is -7.36. The van der Waals surface area contributed by atoms with E-state index in [2.05, 4.69) is 13.8 Å². The van der Waals surface area contributed by atoms with Crippen molar-refractivity contribution in [2.45, 2.75) is 26.7 Å². The summed E-state index contributed by atoms with van der Waals surface area (Å²) in [6.07, 6.45) is 3.77. The smallest absolute Gasteiger partial charge is 0.421 e. The molecule has 16 heteroatoms. The fourth-order valence-electron chi connectivity index (χ4n) is 5.69. The third-order valence-corrected chi connectivity index (χ3v) is 9.33. The van der Waals surface area contributed by atoms with Gasteiger partial charge in [-0.05, 0) is 84.3 Å². The second-order valence-electron chi connectivity index (χ2n) is 13.4. The van der Waals surface area contributed by atoms with Crippen LogP contribution in [0, 0.1) is 11.8 Å². The number of furan rings is 4. The normalized spacial score (nSPS) is 11.9. The molecule has 16 nitrogen and oxygen atoms in total. The number of carbonyl (C=O) groups is 4. The predicted molar refractivity (Wildman–Crippen MR) is 211 cm³/mol. The van der Waals surface area contributed by atoms with E-state index >= 15 is 0 Å². The summed E-state index contributed by atoms with van der Waals surface area (Å²) in [5.74, 6) is 1.25. The Morgan fingerprint density at radius 3 is 0.983 bits per heavy atom. The van der Waals surface area contributed by atoms with Gasteiger partial charge in [0.15, 0.2) is 23.0 Å². The summed E-state index contributed by atoms with van der Waals surface area (Å²) in [5, 5.41) is 0. The van der Waals surface area contributed by atoms with Crippen LogP contribution in [0.4, 0.5) is 42.7 Å². The molecule has 0 saturated heterocycles. The second kappa shape index (κ2) is 18.1. The van der Waals surface area contributed by atoms with Crippen LogP contribution < -0.4 is 38.5 Å². The Morgan fingerprint density at radius 1 is 0.448 bits per heavy atom. The van der Waals surface area contributed by atoms with Crippen LogP contribution in [-0.2, 0) is 12.8 Å². The van der Waals surface area contributed by atoms with Crippen molar-refractivity contribution in [3.05, 3.63) is 121 Å². The van der Waals surface area contributed by atoms with E-state index in [9.17, 15) is 19.2 Å². The average Bonchev–Trinajstić information content (AvgIpc) is 4.07. The first kappa shape index (κ1) is 40.3. The number of benzene rings is 2. The van der Waals surface area contributed by atoms with Crippen LogP contribution in [0.3, 0.4) is 0 Å². The molecule has 4 amide bonds. The van der Waals surface area contributed by atoms with Crippen LogP contribution >= 0.6 is 0 Å². The lowest BCUT2D eigenvalue weighted by molar-refractivity contribution is 0.197. The summed E-state index contributed by atoms with van der Waals surface area (Å²) in [4.78, 5) is 57.1. The first-order chi connectivity index (χ1) is 27.9. The highest BCUT2D eigenvalue weighted by molar-refractivity contribution is 5.90. The topological polar surface area (TPSA) is 171 Å². The fourth-order valence-corrected chi connectivity index (χ4v) is 5.69. The van der Waals surface area contributed by atoms with Gasteiger partial charge in [0.2, 0.25) is 23.5 Å². The standard InChI is InChI=1S/C42H42N4O12/c1-27(23-29-15-17-31(55-39(47)43(3)35-11-7-19-51-35)33(25-29)57-41(49)45(5)37-13-9-21-53-37)28(2)24-30-16-18-32(56-40(48)44(4)36-12-8-20-52-36)34(26-30)58-42(50)46(6)38-14-10-22-54-38/h7-22,25-28H,23-24H2,1-6H3/t27-,28+. The number of anilines is 4. The number of ether oxygens (including phenoxy) is 4. The van der Waals surface area contributed by atoms with Crippen LogP contribution in [-0.4, -0.2) is 52.6 Å². The molecule has 0 N–H and O–H groups in total. The van der Waals surface area contributed by atoms with Gasteiger partial charge in [-0.3, -0.25) is 19.6 Å². The van der Waals surface area contributed by atoms with Gasteiger partial charge in [0.05, 0.1) is 25.1 Å². The van der Waals surface area contributed by atoms with Crippen molar-refractivity contribution in [2.75, 3.05) is 47.8 Å². The van der Waals surface area contributed by atoms with Crippen molar-refractivity contribution >= 4 is 47.9 Å².